The van der Waals surface area contributed by atoms with Crippen LogP contribution in [0.15, 0.2) is 24.3 Å². The number of amides is 1. The fourth-order valence-corrected chi connectivity index (χ4v) is 3.33. The topological polar surface area (TPSA) is 41.1 Å². The van der Waals surface area contributed by atoms with Gasteiger partial charge >= 0.3 is 0 Å². The first-order chi connectivity index (χ1) is 10.2. The highest BCUT2D eigenvalue weighted by atomic mass is 16.1. The number of rotatable bonds is 6. The smallest absolute Gasteiger partial charge is 0.238 e. The van der Waals surface area contributed by atoms with E-state index in [1.54, 1.807) is 0 Å². The Bertz CT molecular complexity index is 452. The van der Waals surface area contributed by atoms with Crippen LogP contribution in [0.2, 0.25) is 0 Å². The van der Waals surface area contributed by atoms with Crippen molar-refractivity contribution in [2.45, 2.75) is 58.4 Å². The molecule has 1 amide bonds. The predicted molar refractivity (Wildman–Crippen MR) is 88.5 cm³/mol. The highest BCUT2D eigenvalue weighted by Gasteiger charge is 2.22. The second kappa shape index (κ2) is 8.18. The first-order valence-electron chi connectivity index (χ1n) is 8.29. The summed E-state index contributed by atoms with van der Waals surface area (Å²) in [7, 11) is 0. The average molecular weight is 288 g/mol. The fraction of sp³-hybridized carbons (Fsp3) is 0.611. The van der Waals surface area contributed by atoms with Crippen LogP contribution in [-0.4, -0.2) is 18.5 Å². The van der Waals surface area contributed by atoms with Crippen LogP contribution in [0.4, 0.5) is 5.69 Å². The van der Waals surface area contributed by atoms with E-state index in [0.717, 1.165) is 23.6 Å². The van der Waals surface area contributed by atoms with Crippen LogP contribution in [0.5, 0.6) is 0 Å². The lowest BCUT2D eigenvalue weighted by atomic mass is 9.83. The summed E-state index contributed by atoms with van der Waals surface area (Å²) in [5, 5.41) is 6.43. The van der Waals surface area contributed by atoms with Gasteiger partial charge in [-0.15, -0.1) is 0 Å². The zero-order valence-electron chi connectivity index (χ0n) is 13.3. The van der Waals surface area contributed by atoms with Gasteiger partial charge in [0.1, 0.15) is 0 Å². The van der Waals surface area contributed by atoms with Gasteiger partial charge in [-0.25, -0.2) is 0 Å². The van der Waals surface area contributed by atoms with E-state index in [1.807, 2.05) is 31.2 Å². The van der Waals surface area contributed by atoms with Crippen molar-refractivity contribution in [3.8, 4) is 0 Å². The molecule has 0 aromatic heterocycles. The molecule has 0 saturated heterocycles. The van der Waals surface area contributed by atoms with Gasteiger partial charge in [0.25, 0.3) is 0 Å². The molecule has 2 N–H and O–H groups in total. The number of benzene rings is 1. The third-order valence-electron chi connectivity index (χ3n) is 4.49. The number of anilines is 1. The van der Waals surface area contributed by atoms with Crippen molar-refractivity contribution < 1.29 is 4.79 Å². The van der Waals surface area contributed by atoms with Crippen LogP contribution in [0.1, 0.15) is 51.0 Å². The van der Waals surface area contributed by atoms with E-state index in [-0.39, 0.29) is 5.91 Å². The summed E-state index contributed by atoms with van der Waals surface area (Å²) in [5.74, 6) is 0.797. The van der Waals surface area contributed by atoms with Crippen LogP contribution in [-0.2, 0) is 4.79 Å². The normalized spacial score (nSPS) is 17.4. The second-order valence-electron chi connectivity index (χ2n) is 6.21. The van der Waals surface area contributed by atoms with E-state index in [2.05, 4.69) is 17.6 Å². The van der Waals surface area contributed by atoms with Crippen molar-refractivity contribution in [3.63, 3.8) is 0 Å². The Balaban J connectivity index is 1.79. The molecule has 116 valence electrons. The molecule has 1 atom stereocenters. The molecule has 1 aromatic rings. The fourth-order valence-electron chi connectivity index (χ4n) is 3.33. The molecule has 1 unspecified atom stereocenters. The minimum absolute atomic E-state index is 0.0508. The summed E-state index contributed by atoms with van der Waals surface area (Å²) in [6.45, 7) is 4.65. The Kier molecular flexibility index (Phi) is 6.24. The lowest BCUT2D eigenvalue weighted by molar-refractivity contribution is -0.115. The molecule has 0 aliphatic heterocycles. The first-order valence-corrected chi connectivity index (χ1v) is 8.29. The van der Waals surface area contributed by atoms with Gasteiger partial charge in [0.15, 0.2) is 0 Å². The zero-order valence-corrected chi connectivity index (χ0v) is 13.3. The molecule has 1 fully saturated rings. The number of aryl methyl sites for hydroxylation is 1. The highest BCUT2D eigenvalue weighted by molar-refractivity contribution is 5.92. The van der Waals surface area contributed by atoms with Crippen LogP contribution >= 0.6 is 0 Å². The summed E-state index contributed by atoms with van der Waals surface area (Å²) in [6, 6.07) is 8.41. The summed E-state index contributed by atoms with van der Waals surface area (Å²) >= 11 is 0. The number of hydrogen-bond acceptors (Lipinski definition) is 2. The van der Waals surface area contributed by atoms with Crippen LogP contribution in [0.25, 0.3) is 0 Å². The molecule has 3 heteroatoms. The maximum atomic E-state index is 12.1. The van der Waals surface area contributed by atoms with Crippen molar-refractivity contribution in [3.05, 3.63) is 29.8 Å². The first kappa shape index (κ1) is 16.0. The zero-order chi connectivity index (χ0) is 15.1. The number of carbonyl (C=O) groups excluding carboxylic acids is 1. The summed E-state index contributed by atoms with van der Waals surface area (Å²) in [4.78, 5) is 12.1. The molecule has 1 aromatic carbocycles. The number of carbonyl (C=O) groups is 1. The predicted octanol–water partition coefficient (Wildman–Crippen LogP) is 3.88. The lowest BCUT2D eigenvalue weighted by Gasteiger charge is -2.30. The van der Waals surface area contributed by atoms with E-state index in [4.69, 9.17) is 0 Å². The van der Waals surface area contributed by atoms with E-state index in [9.17, 15) is 4.79 Å². The minimum atomic E-state index is 0.0508. The largest absolute Gasteiger partial charge is 0.325 e. The van der Waals surface area contributed by atoms with Crippen LogP contribution < -0.4 is 10.6 Å². The van der Waals surface area contributed by atoms with Crippen LogP contribution in [0.3, 0.4) is 0 Å². The lowest BCUT2D eigenvalue weighted by Crippen LogP contribution is -2.41. The molecule has 3 nitrogen and oxygen atoms in total. The number of nitrogens with one attached hydrogen (secondary N) is 2. The molecule has 0 heterocycles. The van der Waals surface area contributed by atoms with Gasteiger partial charge < -0.3 is 10.6 Å². The third-order valence-corrected chi connectivity index (χ3v) is 4.49. The number of hydrogen-bond donors (Lipinski definition) is 2. The Morgan fingerprint density at radius 1 is 1.29 bits per heavy atom. The average Bonchev–Trinajstić information content (AvgIpc) is 2.49. The molecule has 21 heavy (non-hydrogen) atoms. The SMILES string of the molecule is CCC(NCC(=O)Nc1cccc(C)c1)C1CCCCC1. The van der Waals surface area contributed by atoms with Crippen molar-refractivity contribution in [1.82, 2.24) is 5.32 Å². The van der Waals surface area contributed by atoms with Crippen molar-refractivity contribution >= 4 is 11.6 Å². The summed E-state index contributed by atoms with van der Waals surface area (Å²) in [5.41, 5.74) is 2.04. The maximum absolute atomic E-state index is 12.1. The van der Waals surface area contributed by atoms with Gasteiger partial charge in [-0.1, -0.05) is 38.3 Å². The Hall–Kier alpha value is -1.35. The standard InChI is InChI=1S/C18H28N2O/c1-3-17(15-9-5-4-6-10-15)19-13-18(21)20-16-11-7-8-14(2)12-16/h7-8,11-12,15,17,19H,3-6,9-10,13H2,1-2H3,(H,20,21). The van der Waals surface area contributed by atoms with E-state index in [1.165, 1.54) is 32.1 Å². The summed E-state index contributed by atoms with van der Waals surface area (Å²) < 4.78 is 0. The van der Waals surface area contributed by atoms with Crippen molar-refractivity contribution in [2.75, 3.05) is 11.9 Å². The van der Waals surface area contributed by atoms with Crippen molar-refractivity contribution in [2.24, 2.45) is 5.92 Å². The van der Waals surface area contributed by atoms with Gasteiger partial charge in [0.2, 0.25) is 5.91 Å². The van der Waals surface area contributed by atoms with Crippen molar-refractivity contribution in [1.29, 1.82) is 0 Å². The molecule has 0 bridgehead atoms. The Labute approximate surface area is 128 Å². The molecule has 0 spiro atoms. The summed E-state index contributed by atoms with van der Waals surface area (Å²) in [6.07, 6.45) is 7.79. The molecular formula is C18H28N2O. The molecule has 1 aliphatic carbocycles. The van der Waals surface area contributed by atoms with Gasteiger partial charge in [-0.05, 0) is 49.8 Å². The monoisotopic (exact) mass is 288 g/mol. The van der Waals surface area contributed by atoms with E-state index >= 15 is 0 Å². The molecule has 1 aliphatic rings. The highest BCUT2D eigenvalue weighted by Crippen LogP contribution is 2.27. The minimum Gasteiger partial charge on any atom is -0.325 e. The Morgan fingerprint density at radius 2 is 2.05 bits per heavy atom. The van der Waals surface area contributed by atoms with Gasteiger partial charge in [0, 0.05) is 11.7 Å². The molecule has 2 rings (SSSR count). The Morgan fingerprint density at radius 3 is 2.71 bits per heavy atom. The van der Waals surface area contributed by atoms with Gasteiger partial charge in [-0.3, -0.25) is 4.79 Å². The quantitative estimate of drug-likeness (QED) is 0.834. The van der Waals surface area contributed by atoms with E-state index in [0.29, 0.717) is 12.6 Å². The van der Waals surface area contributed by atoms with Gasteiger partial charge in [0.05, 0.1) is 6.54 Å². The molecule has 1 saturated carbocycles. The second-order valence-corrected chi connectivity index (χ2v) is 6.21. The maximum Gasteiger partial charge on any atom is 0.238 e. The molecular weight excluding hydrogens is 260 g/mol. The van der Waals surface area contributed by atoms with E-state index < -0.39 is 0 Å². The third kappa shape index (κ3) is 5.16. The molecule has 0 radical (unpaired) electrons. The van der Waals surface area contributed by atoms with Gasteiger partial charge in [-0.2, -0.15) is 0 Å². The van der Waals surface area contributed by atoms with Crippen LogP contribution in [0, 0.1) is 12.8 Å².